The maximum atomic E-state index is 11.5. The van der Waals surface area contributed by atoms with Gasteiger partial charge in [0, 0.05) is 0 Å². The summed E-state index contributed by atoms with van der Waals surface area (Å²) in [5.41, 5.74) is 0.445. The Hall–Kier alpha value is -1.35. The molecule has 0 aliphatic carbocycles. The number of rotatable bonds is 11. The van der Waals surface area contributed by atoms with Gasteiger partial charge < -0.3 is 9.84 Å². The van der Waals surface area contributed by atoms with Gasteiger partial charge in [0.05, 0.1) is 5.57 Å². The number of ether oxygens (including phenoxy) is 1. The van der Waals surface area contributed by atoms with Crippen LogP contribution in [0.5, 0.6) is 0 Å². The van der Waals surface area contributed by atoms with Crippen LogP contribution in [0.2, 0.25) is 0 Å². The molecule has 0 aromatic rings. The molecule has 0 saturated carbocycles. The highest BCUT2D eigenvalue weighted by atomic mass is 16.6. The van der Waals surface area contributed by atoms with Gasteiger partial charge in [-0.25, -0.2) is 4.79 Å². The maximum absolute atomic E-state index is 11.5. The monoisotopic (exact) mass is 306 g/mol. The van der Waals surface area contributed by atoms with Gasteiger partial charge in [-0.05, 0) is 32.6 Å². The first-order chi connectivity index (χ1) is 10.7. The summed E-state index contributed by atoms with van der Waals surface area (Å²) in [5, 5.41) is 9.78. The van der Waals surface area contributed by atoms with Crippen molar-refractivity contribution < 1.29 is 14.6 Å². The average molecular weight is 306 g/mol. The van der Waals surface area contributed by atoms with Crippen LogP contribution >= 0.6 is 0 Å². The van der Waals surface area contributed by atoms with E-state index in [1.54, 1.807) is 6.92 Å². The van der Waals surface area contributed by atoms with Gasteiger partial charge in [-0.3, -0.25) is 0 Å². The van der Waals surface area contributed by atoms with Crippen molar-refractivity contribution in [3.05, 3.63) is 36.5 Å². The van der Waals surface area contributed by atoms with E-state index in [4.69, 9.17) is 4.74 Å². The lowest BCUT2D eigenvalue weighted by molar-refractivity contribution is -0.138. The number of unbranched alkanes of at least 4 members (excludes halogenated alkanes) is 8. The lowest BCUT2D eigenvalue weighted by atomic mass is 10.0. The predicted octanol–water partition coefficient (Wildman–Crippen LogP) is 4.47. The van der Waals surface area contributed by atoms with Crippen LogP contribution in [0.15, 0.2) is 36.5 Å². The number of cyclic esters (lactones) is 1. The molecule has 1 N–H and O–H groups in total. The molecule has 3 heteroatoms. The highest BCUT2D eigenvalue weighted by Crippen LogP contribution is 2.22. The molecule has 22 heavy (non-hydrogen) atoms. The van der Waals surface area contributed by atoms with Crippen LogP contribution in [-0.4, -0.2) is 23.3 Å². The number of hydrogen-bond donors (Lipinski definition) is 1. The largest absolute Gasteiger partial charge is 0.456 e. The molecule has 1 heterocycles. The van der Waals surface area contributed by atoms with Crippen molar-refractivity contribution in [2.24, 2.45) is 0 Å². The minimum absolute atomic E-state index is 0.356. The van der Waals surface area contributed by atoms with Gasteiger partial charge in [-0.1, -0.05) is 63.0 Å². The molecule has 0 aromatic heterocycles. The standard InChI is InChI=1S/C19H30O3/c1-3-4-5-6-7-8-9-10-11-12-13-14-15-17-18(20)16(2)22-19(17)21/h3-5,15-16,18,20H,1,6-14H2,2H3. The number of hydrogen-bond acceptors (Lipinski definition) is 3. The molecule has 1 saturated heterocycles. The Balaban J connectivity index is 1.97. The van der Waals surface area contributed by atoms with Crippen LogP contribution in [0.1, 0.15) is 64.7 Å². The summed E-state index contributed by atoms with van der Waals surface area (Å²) in [5.74, 6) is -0.356. The summed E-state index contributed by atoms with van der Waals surface area (Å²) in [6.07, 6.45) is 17.3. The van der Waals surface area contributed by atoms with Crippen LogP contribution in [0, 0.1) is 0 Å². The number of aliphatic hydroxyl groups is 1. The first kappa shape index (κ1) is 18.7. The molecular formula is C19H30O3. The minimum atomic E-state index is -0.748. The fourth-order valence-corrected chi connectivity index (χ4v) is 2.62. The fourth-order valence-electron chi connectivity index (χ4n) is 2.62. The van der Waals surface area contributed by atoms with Gasteiger partial charge in [-0.15, -0.1) is 0 Å². The van der Waals surface area contributed by atoms with E-state index < -0.39 is 12.2 Å². The molecule has 2 unspecified atom stereocenters. The molecule has 0 spiro atoms. The quantitative estimate of drug-likeness (QED) is 0.265. The second kappa shape index (κ2) is 11.2. The van der Waals surface area contributed by atoms with E-state index in [1.165, 1.54) is 38.5 Å². The van der Waals surface area contributed by atoms with Crippen molar-refractivity contribution in [2.75, 3.05) is 0 Å². The van der Waals surface area contributed by atoms with Crippen molar-refractivity contribution in [1.82, 2.24) is 0 Å². The van der Waals surface area contributed by atoms with E-state index in [9.17, 15) is 9.90 Å². The molecule has 1 fully saturated rings. The Kier molecular flexibility index (Phi) is 9.56. The van der Waals surface area contributed by atoms with Gasteiger partial charge in [0.25, 0.3) is 0 Å². The zero-order valence-electron chi connectivity index (χ0n) is 13.8. The molecular weight excluding hydrogens is 276 g/mol. The first-order valence-electron chi connectivity index (χ1n) is 8.53. The molecule has 0 radical (unpaired) electrons. The van der Waals surface area contributed by atoms with Gasteiger partial charge in [0.1, 0.15) is 12.2 Å². The Morgan fingerprint density at radius 2 is 1.68 bits per heavy atom. The Labute approximate surface area is 134 Å². The third-order valence-electron chi connectivity index (χ3n) is 4.00. The number of aliphatic hydroxyl groups excluding tert-OH is 1. The third kappa shape index (κ3) is 7.08. The van der Waals surface area contributed by atoms with Crippen LogP contribution in [0.3, 0.4) is 0 Å². The second-order valence-corrected chi connectivity index (χ2v) is 5.93. The molecule has 0 aromatic carbocycles. The number of allylic oxidation sites excluding steroid dienone is 4. The molecule has 124 valence electrons. The van der Waals surface area contributed by atoms with Crippen LogP contribution in [-0.2, 0) is 9.53 Å². The van der Waals surface area contributed by atoms with Crippen molar-refractivity contribution in [3.8, 4) is 0 Å². The molecule has 1 rings (SSSR count). The topological polar surface area (TPSA) is 46.5 Å². The normalized spacial score (nSPS) is 23.4. The van der Waals surface area contributed by atoms with Gasteiger partial charge >= 0.3 is 5.97 Å². The highest BCUT2D eigenvalue weighted by molar-refractivity contribution is 5.92. The third-order valence-corrected chi connectivity index (χ3v) is 4.00. The summed E-state index contributed by atoms with van der Waals surface area (Å²) < 4.78 is 4.98. The minimum Gasteiger partial charge on any atom is -0.456 e. The average Bonchev–Trinajstić information content (AvgIpc) is 2.74. The van der Waals surface area contributed by atoms with Gasteiger partial charge in [0.15, 0.2) is 0 Å². The molecule has 0 bridgehead atoms. The summed E-state index contributed by atoms with van der Waals surface area (Å²) in [6, 6.07) is 0. The molecule has 0 amide bonds. The number of carbonyl (C=O) groups excluding carboxylic acids is 1. The highest BCUT2D eigenvalue weighted by Gasteiger charge is 2.34. The molecule has 3 nitrogen and oxygen atoms in total. The fraction of sp³-hybridized carbons (Fsp3) is 0.632. The van der Waals surface area contributed by atoms with E-state index in [2.05, 4.69) is 12.7 Å². The zero-order valence-corrected chi connectivity index (χ0v) is 13.8. The molecule has 2 atom stereocenters. The molecule has 1 aliphatic rings. The van der Waals surface area contributed by atoms with Crippen LogP contribution in [0.25, 0.3) is 0 Å². The van der Waals surface area contributed by atoms with Crippen molar-refractivity contribution in [3.63, 3.8) is 0 Å². The lowest BCUT2D eigenvalue weighted by Crippen LogP contribution is -2.17. The summed E-state index contributed by atoms with van der Waals surface area (Å²) in [4.78, 5) is 11.5. The van der Waals surface area contributed by atoms with Crippen molar-refractivity contribution in [2.45, 2.75) is 76.9 Å². The SMILES string of the molecule is C=CC=CCCCCCCCCCC=C1C(=O)OC(C)C1O. The van der Waals surface area contributed by atoms with E-state index in [-0.39, 0.29) is 5.97 Å². The lowest BCUT2D eigenvalue weighted by Gasteiger charge is -2.04. The maximum Gasteiger partial charge on any atom is 0.336 e. The Morgan fingerprint density at radius 1 is 1.09 bits per heavy atom. The first-order valence-corrected chi connectivity index (χ1v) is 8.53. The van der Waals surface area contributed by atoms with Crippen molar-refractivity contribution >= 4 is 5.97 Å². The van der Waals surface area contributed by atoms with Gasteiger partial charge in [0.2, 0.25) is 0 Å². The summed E-state index contributed by atoms with van der Waals surface area (Å²) >= 11 is 0. The Bertz CT molecular complexity index is 395. The number of esters is 1. The van der Waals surface area contributed by atoms with E-state index in [0.29, 0.717) is 5.57 Å². The summed E-state index contributed by atoms with van der Waals surface area (Å²) in [6.45, 7) is 5.37. The zero-order chi connectivity index (χ0) is 16.2. The van der Waals surface area contributed by atoms with Crippen LogP contribution in [0.4, 0.5) is 0 Å². The number of carbonyl (C=O) groups is 1. The predicted molar refractivity (Wildman–Crippen MR) is 90.5 cm³/mol. The molecule has 1 aliphatic heterocycles. The Morgan fingerprint density at radius 3 is 2.23 bits per heavy atom. The van der Waals surface area contributed by atoms with Gasteiger partial charge in [-0.2, -0.15) is 0 Å². The van der Waals surface area contributed by atoms with E-state index in [1.807, 2.05) is 18.2 Å². The summed E-state index contributed by atoms with van der Waals surface area (Å²) in [7, 11) is 0. The smallest absolute Gasteiger partial charge is 0.336 e. The van der Waals surface area contributed by atoms with Crippen LogP contribution < -0.4 is 0 Å². The van der Waals surface area contributed by atoms with E-state index in [0.717, 1.165) is 19.3 Å². The van der Waals surface area contributed by atoms with Crippen molar-refractivity contribution in [1.29, 1.82) is 0 Å². The second-order valence-electron chi connectivity index (χ2n) is 5.93. The van der Waals surface area contributed by atoms with E-state index >= 15 is 0 Å².